The summed E-state index contributed by atoms with van der Waals surface area (Å²) in [7, 11) is 3.20. The molecule has 1 aliphatic heterocycles. The first-order chi connectivity index (χ1) is 12.6. The molecule has 0 aliphatic carbocycles. The normalized spacial score (nSPS) is 13.8. The highest BCUT2D eigenvalue weighted by atomic mass is 16.5. The molecule has 0 spiro atoms. The summed E-state index contributed by atoms with van der Waals surface area (Å²) in [6.45, 7) is 1.17. The Labute approximate surface area is 152 Å². The molecule has 1 fully saturated rings. The number of anilines is 2. The molecule has 1 aliphatic rings. The molecule has 0 radical (unpaired) electrons. The SMILES string of the molecule is COCc1ccc(C(=O)Nc2ccc(OC)c(N3CCCC3=O)c2)cc1. The Bertz CT molecular complexity index is 802. The van der Waals surface area contributed by atoms with Crippen molar-refractivity contribution in [3.8, 4) is 5.75 Å². The molecule has 0 saturated carbocycles. The van der Waals surface area contributed by atoms with Gasteiger partial charge in [0.15, 0.2) is 0 Å². The minimum atomic E-state index is -0.210. The van der Waals surface area contributed by atoms with Gasteiger partial charge in [-0.2, -0.15) is 0 Å². The maximum absolute atomic E-state index is 12.5. The summed E-state index contributed by atoms with van der Waals surface area (Å²) in [5.74, 6) is 0.473. The molecule has 6 nitrogen and oxygen atoms in total. The first-order valence-corrected chi connectivity index (χ1v) is 8.50. The Kier molecular flexibility index (Phi) is 5.53. The summed E-state index contributed by atoms with van der Waals surface area (Å²) in [5, 5.41) is 2.88. The molecule has 0 unspecified atom stereocenters. The van der Waals surface area contributed by atoms with Crippen LogP contribution in [0.1, 0.15) is 28.8 Å². The second-order valence-electron chi connectivity index (χ2n) is 6.12. The van der Waals surface area contributed by atoms with Crippen molar-refractivity contribution in [1.82, 2.24) is 0 Å². The Morgan fingerprint density at radius 1 is 1.15 bits per heavy atom. The third-order valence-corrected chi connectivity index (χ3v) is 4.33. The molecule has 2 amide bonds. The van der Waals surface area contributed by atoms with Crippen molar-refractivity contribution in [2.24, 2.45) is 0 Å². The van der Waals surface area contributed by atoms with Crippen molar-refractivity contribution in [2.75, 3.05) is 31.0 Å². The van der Waals surface area contributed by atoms with Gasteiger partial charge in [-0.3, -0.25) is 9.59 Å². The minimum Gasteiger partial charge on any atom is -0.495 e. The summed E-state index contributed by atoms with van der Waals surface area (Å²) in [4.78, 5) is 26.2. The number of ether oxygens (including phenoxy) is 2. The molecule has 0 atom stereocenters. The van der Waals surface area contributed by atoms with Crippen LogP contribution < -0.4 is 15.0 Å². The lowest BCUT2D eigenvalue weighted by molar-refractivity contribution is -0.117. The molecule has 0 bridgehead atoms. The van der Waals surface area contributed by atoms with E-state index in [0.29, 0.717) is 42.3 Å². The summed E-state index contributed by atoms with van der Waals surface area (Å²) < 4.78 is 10.4. The molecule has 1 N–H and O–H groups in total. The standard InChI is InChI=1S/C20H22N2O4/c1-25-13-14-5-7-15(8-6-14)20(24)21-16-9-10-18(26-2)17(12-16)22-11-3-4-19(22)23/h5-10,12H,3-4,11,13H2,1-2H3,(H,21,24). The van der Waals surface area contributed by atoms with Crippen molar-refractivity contribution < 1.29 is 19.1 Å². The van der Waals surface area contributed by atoms with Gasteiger partial charge in [0.2, 0.25) is 5.91 Å². The fourth-order valence-corrected chi connectivity index (χ4v) is 3.00. The molecule has 1 heterocycles. The zero-order valence-corrected chi connectivity index (χ0v) is 15.0. The summed E-state index contributed by atoms with van der Waals surface area (Å²) >= 11 is 0. The predicted octanol–water partition coefficient (Wildman–Crippen LogP) is 3.22. The molecule has 26 heavy (non-hydrogen) atoms. The Balaban J connectivity index is 1.78. The fraction of sp³-hybridized carbons (Fsp3) is 0.300. The lowest BCUT2D eigenvalue weighted by Gasteiger charge is -2.20. The fourth-order valence-electron chi connectivity index (χ4n) is 3.00. The van der Waals surface area contributed by atoms with Crippen molar-refractivity contribution in [2.45, 2.75) is 19.4 Å². The van der Waals surface area contributed by atoms with Crippen LogP contribution in [0.2, 0.25) is 0 Å². The number of amides is 2. The molecule has 1 saturated heterocycles. The van der Waals surface area contributed by atoms with Gasteiger partial charge in [0.1, 0.15) is 5.75 Å². The quantitative estimate of drug-likeness (QED) is 0.865. The molecule has 136 valence electrons. The van der Waals surface area contributed by atoms with Crippen LogP contribution in [0.15, 0.2) is 42.5 Å². The van der Waals surface area contributed by atoms with Crippen LogP contribution in [0.5, 0.6) is 5.75 Å². The smallest absolute Gasteiger partial charge is 0.255 e. The second-order valence-corrected chi connectivity index (χ2v) is 6.12. The highest BCUT2D eigenvalue weighted by Gasteiger charge is 2.25. The number of rotatable bonds is 6. The molecule has 6 heteroatoms. The largest absolute Gasteiger partial charge is 0.495 e. The number of carbonyl (C=O) groups is 2. The molecule has 2 aromatic carbocycles. The second kappa shape index (κ2) is 8.01. The summed E-state index contributed by atoms with van der Waals surface area (Å²) in [6.07, 6.45) is 1.36. The van der Waals surface area contributed by atoms with E-state index in [1.807, 2.05) is 12.1 Å². The van der Waals surface area contributed by atoms with Crippen LogP contribution in [-0.2, 0) is 16.1 Å². The summed E-state index contributed by atoms with van der Waals surface area (Å²) in [5.41, 5.74) is 2.86. The predicted molar refractivity (Wildman–Crippen MR) is 99.7 cm³/mol. The first kappa shape index (κ1) is 17.9. The van der Waals surface area contributed by atoms with E-state index >= 15 is 0 Å². The van der Waals surface area contributed by atoms with Crippen LogP contribution >= 0.6 is 0 Å². The first-order valence-electron chi connectivity index (χ1n) is 8.50. The van der Waals surface area contributed by atoms with Gasteiger partial charge < -0.3 is 19.7 Å². The van der Waals surface area contributed by atoms with Gasteiger partial charge in [0.05, 0.1) is 19.4 Å². The van der Waals surface area contributed by atoms with Gasteiger partial charge in [0, 0.05) is 31.3 Å². The van der Waals surface area contributed by atoms with Gasteiger partial charge in [-0.1, -0.05) is 12.1 Å². The Morgan fingerprint density at radius 2 is 1.92 bits per heavy atom. The van der Waals surface area contributed by atoms with E-state index < -0.39 is 0 Å². The lowest BCUT2D eigenvalue weighted by atomic mass is 10.1. The minimum absolute atomic E-state index is 0.0699. The number of benzene rings is 2. The summed E-state index contributed by atoms with van der Waals surface area (Å²) in [6, 6.07) is 12.6. The Hall–Kier alpha value is -2.86. The number of carbonyl (C=O) groups excluding carboxylic acids is 2. The van der Waals surface area contributed by atoms with E-state index in [2.05, 4.69) is 5.32 Å². The molecular formula is C20H22N2O4. The van der Waals surface area contributed by atoms with Gasteiger partial charge in [-0.15, -0.1) is 0 Å². The van der Waals surface area contributed by atoms with Crippen molar-refractivity contribution in [1.29, 1.82) is 0 Å². The maximum atomic E-state index is 12.5. The third kappa shape index (κ3) is 3.86. The topological polar surface area (TPSA) is 67.9 Å². The van der Waals surface area contributed by atoms with E-state index in [1.165, 1.54) is 0 Å². The number of hydrogen-bond acceptors (Lipinski definition) is 4. The van der Waals surface area contributed by atoms with Crippen LogP contribution in [0.3, 0.4) is 0 Å². The van der Waals surface area contributed by atoms with Crippen LogP contribution in [-0.4, -0.2) is 32.6 Å². The highest BCUT2D eigenvalue weighted by Crippen LogP contribution is 2.34. The van der Waals surface area contributed by atoms with Gasteiger partial charge in [0.25, 0.3) is 5.91 Å². The van der Waals surface area contributed by atoms with Gasteiger partial charge >= 0.3 is 0 Å². The number of hydrogen-bond donors (Lipinski definition) is 1. The van der Waals surface area contributed by atoms with E-state index in [1.54, 1.807) is 49.5 Å². The van der Waals surface area contributed by atoms with E-state index in [9.17, 15) is 9.59 Å². The van der Waals surface area contributed by atoms with Crippen molar-refractivity contribution >= 4 is 23.2 Å². The van der Waals surface area contributed by atoms with E-state index in [0.717, 1.165) is 12.0 Å². The lowest BCUT2D eigenvalue weighted by Crippen LogP contribution is -2.24. The van der Waals surface area contributed by atoms with E-state index in [-0.39, 0.29) is 11.8 Å². The average Bonchev–Trinajstić information content (AvgIpc) is 3.08. The highest BCUT2D eigenvalue weighted by molar-refractivity contribution is 6.05. The van der Waals surface area contributed by atoms with Crippen LogP contribution in [0.25, 0.3) is 0 Å². The monoisotopic (exact) mass is 354 g/mol. The van der Waals surface area contributed by atoms with Gasteiger partial charge in [-0.25, -0.2) is 0 Å². The Morgan fingerprint density at radius 3 is 2.54 bits per heavy atom. The average molecular weight is 354 g/mol. The maximum Gasteiger partial charge on any atom is 0.255 e. The third-order valence-electron chi connectivity index (χ3n) is 4.33. The van der Waals surface area contributed by atoms with Crippen molar-refractivity contribution in [3.05, 3.63) is 53.6 Å². The van der Waals surface area contributed by atoms with Gasteiger partial charge in [-0.05, 0) is 42.3 Å². The number of methoxy groups -OCH3 is 2. The molecule has 3 rings (SSSR count). The zero-order valence-electron chi connectivity index (χ0n) is 15.0. The molecule has 0 aromatic heterocycles. The van der Waals surface area contributed by atoms with Crippen LogP contribution in [0, 0.1) is 0 Å². The number of nitrogens with one attached hydrogen (secondary N) is 1. The van der Waals surface area contributed by atoms with Crippen LogP contribution in [0.4, 0.5) is 11.4 Å². The zero-order chi connectivity index (χ0) is 18.5. The van der Waals surface area contributed by atoms with E-state index in [4.69, 9.17) is 9.47 Å². The molecule has 2 aromatic rings. The van der Waals surface area contributed by atoms with Crippen molar-refractivity contribution in [3.63, 3.8) is 0 Å². The number of nitrogens with zero attached hydrogens (tertiary/aromatic N) is 1. The molecular weight excluding hydrogens is 332 g/mol.